The summed E-state index contributed by atoms with van der Waals surface area (Å²) in [4.78, 5) is 31.3. The summed E-state index contributed by atoms with van der Waals surface area (Å²) in [5.74, 6) is 0.0278. The molecule has 0 aliphatic carbocycles. The lowest BCUT2D eigenvalue weighted by Crippen LogP contribution is -2.17. The average Bonchev–Trinajstić information content (AvgIpc) is 3.03. The van der Waals surface area contributed by atoms with E-state index in [4.69, 9.17) is 9.47 Å². The first-order valence-electron chi connectivity index (χ1n) is 6.89. The molecule has 0 bridgehead atoms. The van der Waals surface area contributed by atoms with Gasteiger partial charge in [0.05, 0.1) is 12.8 Å². The zero-order valence-electron chi connectivity index (χ0n) is 12.2. The highest BCUT2D eigenvalue weighted by atomic mass is 16.6. The molecule has 2 aliphatic rings. The Kier molecular flexibility index (Phi) is 4.05. The van der Waals surface area contributed by atoms with Crippen LogP contribution >= 0.6 is 0 Å². The van der Waals surface area contributed by atoms with Gasteiger partial charge in [0.1, 0.15) is 11.3 Å². The fourth-order valence-corrected chi connectivity index (χ4v) is 1.97. The monoisotopic (exact) mass is 312 g/mol. The van der Waals surface area contributed by atoms with Crippen molar-refractivity contribution in [2.45, 2.75) is 6.92 Å². The molecule has 3 rings (SSSR count). The van der Waals surface area contributed by atoms with E-state index in [2.05, 4.69) is 20.2 Å². The van der Waals surface area contributed by atoms with E-state index in [9.17, 15) is 9.59 Å². The van der Waals surface area contributed by atoms with Crippen LogP contribution in [0.15, 0.2) is 56.3 Å². The Bertz CT molecular complexity index is 792. The molecule has 0 unspecified atom stereocenters. The van der Waals surface area contributed by atoms with Crippen molar-refractivity contribution in [3.63, 3.8) is 0 Å². The van der Waals surface area contributed by atoms with E-state index in [1.165, 1.54) is 6.20 Å². The number of nitrogens with zero attached hydrogens (tertiary/aromatic N) is 4. The third kappa shape index (κ3) is 3.20. The smallest absolute Gasteiger partial charge is 0.344 e. The maximum absolute atomic E-state index is 11.9. The molecule has 8 nitrogen and oxygen atoms in total. The molecule has 0 saturated carbocycles. The normalized spacial score (nSPS) is 15.5. The molecule has 0 fully saturated rings. The molecule has 0 radical (unpaired) electrons. The number of amides is 1. The van der Waals surface area contributed by atoms with E-state index in [1.54, 1.807) is 31.2 Å². The van der Waals surface area contributed by atoms with Crippen LogP contribution in [0.2, 0.25) is 0 Å². The summed E-state index contributed by atoms with van der Waals surface area (Å²) < 4.78 is 10.1. The lowest BCUT2D eigenvalue weighted by atomic mass is 10.1. The van der Waals surface area contributed by atoms with E-state index in [0.717, 1.165) is 0 Å². The number of fused-ring (bicyclic) bond motifs is 1. The van der Waals surface area contributed by atoms with Crippen LogP contribution in [-0.2, 0) is 14.3 Å². The van der Waals surface area contributed by atoms with E-state index in [-0.39, 0.29) is 23.9 Å². The molecule has 2 heterocycles. The van der Waals surface area contributed by atoms with Crippen LogP contribution in [0.3, 0.4) is 0 Å². The van der Waals surface area contributed by atoms with Gasteiger partial charge in [-0.3, -0.25) is 4.79 Å². The van der Waals surface area contributed by atoms with Crippen LogP contribution in [0.4, 0.5) is 0 Å². The summed E-state index contributed by atoms with van der Waals surface area (Å²) >= 11 is 0. The Morgan fingerprint density at radius 2 is 2.09 bits per heavy atom. The van der Waals surface area contributed by atoms with Gasteiger partial charge in [0.2, 0.25) is 0 Å². The molecule has 0 saturated heterocycles. The van der Waals surface area contributed by atoms with Crippen molar-refractivity contribution in [3.05, 3.63) is 41.6 Å². The summed E-state index contributed by atoms with van der Waals surface area (Å²) in [5.41, 5.74) is 0.858. The Morgan fingerprint density at radius 1 is 1.22 bits per heavy atom. The Balaban J connectivity index is 1.78. The summed E-state index contributed by atoms with van der Waals surface area (Å²) in [7, 11) is 0. The molecule has 0 aromatic heterocycles. The maximum atomic E-state index is 11.9. The number of carbonyl (C=O) groups excluding carboxylic acids is 2. The van der Waals surface area contributed by atoms with E-state index < -0.39 is 11.9 Å². The van der Waals surface area contributed by atoms with Gasteiger partial charge in [-0.25, -0.2) is 9.79 Å². The minimum absolute atomic E-state index is 0.196. The first kappa shape index (κ1) is 14.8. The number of rotatable bonds is 5. The van der Waals surface area contributed by atoms with Crippen LogP contribution in [0.5, 0.6) is 5.75 Å². The lowest BCUT2D eigenvalue weighted by molar-refractivity contribution is -0.145. The number of ether oxygens (including phenoxy) is 2. The molecular formula is C15H12N4O4. The first-order valence-corrected chi connectivity index (χ1v) is 6.89. The van der Waals surface area contributed by atoms with Crippen LogP contribution < -0.4 is 4.74 Å². The number of hydrogen-bond acceptors (Lipinski definition) is 7. The first-order chi connectivity index (χ1) is 11.2. The Morgan fingerprint density at radius 3 is 2.91 bits per heavy atom. The van der Waals surface area contributed by atoms with Gasteiger partial charge in [-0.2, -0.15) is 10.1 Å². The van der Waals surface area contributed by atoms with Gasteiger partial charge in [-0.1, -0.05) is 12.1 Å². The quantitative estimate of drug-likeness (QED) is 0.771. The predicted molar refractivity (Wildman–Crippen MR) is 80.5 cm³/mol. The molecule has 116 valence electrons. The minimum Gasteiger partial charge on any atom is -0.482 e. The molecule has 2 aliphatic heterocycles. The molecule has 1 aromatic carbocycles. The molecule has 23 heavy (non-hydrogen) atoms. The van der Waals surface area contributed by atoms with Crippen molar-refractivity contribution in [1.82, 2.24) is 0 Å². The summed E-state index contributed by atoms with van der Waals surface area (Å²) in [6.07, 6.45) is 1.33. The lowest BCUT2D eigenvalue weighted by Gasteiger charge is -2.10. The second kappa shape index (κ2) is 6.30. The summed E-state index contributed by atoms with van der Waals surface area (Å²) in [5, 5.41) is 7.43. The number of benzene rings is 1. The van der Waals surface area contributed by atoms with Crippen molar-refractivity contribution in [1.29, 1.82) is 0 Å². The van der Waals surface area contributed by atoms with Gasteiger partial charge in [-0.05, 0) is 19.1 Å². The van der Waals surface area contributed by atoms with Crippen LogP contribution in [-0.4, -0.2) is 36.8 Å². The molecule has 0 N–H and O–H groups in total. The zero-order valence-corrected chi connectivity index (χ0v) is 12.2. The second-order valence-electron chi connectivity index (χ2n) is 4.56. The number of esters is 1. The third-order valence-electron chi connectivity index (χ3n) is 2.98. The SMILES string of the molecule is CCOC(=O)COc1cccc(C2=NC(=O)C3=CN=NC3=N2)c1. The fraction of sp³-hybridized carbons (Fsp3) is 0.200. The topological polar surface area (TPSA) is 102 Å². The minimum atomic E-state index is -0.454. The predicted octanol–water partition coefficient (Wildman–Crippen LogP) is 1.66. The van der Waals surface area contributed by atoms with Crippen LogP contribution in [0.25, 0.3) is 0 Å². The van der Waals surface area contributed by atoms with Crippen LogP contribution in [0, 0.1) is 0 Å². The number of carbonyl (C=O) groups is 2. The molecule has 0 spiro atoms. The zero-order chi connectivity index (χ0) is 16.2. The fourth-order valence-electron chi connectivity index (χ4n) is 1.97. The number of amidine groups is 2. The highest BCUT2D eigenvalue weighted by Gasteiger charge is 2.25. The van der Waals surface area contributed by atoms with Gasteiger partial charge in [0.25, 0.3) is 5.91 Å². The van der Waals surface area contributed by atoms with E-state index in [1.807, 2.05) is 0 Å². The third-order valence-corrected chi connectivity index (χ3v) is 2.98. The molecular weight excluding hydrogens is 300 g/mol. The van der Waals surface area contributed by atoms with Crippen LogP contribution in [0.1, 0.15) is 12.5 Å². The molecule has 1 amide bonds. The van der Waals surface area contributed by atoms with Gasteiger partial charge >= 0.3 is 5.97 Å². The van der Waals surface area contributed by atoms with Crippen molar-refractivity contribution in [2.24, 2.45) is 20.2 Å². The second-order valence-corrected chi connectivity index (χ2v) is 4.56. The largest absolute Gasteiger partial charge is 0.482 e. The van der Waals surface area contributed by atoms with E-state index >= 15 is 0 Å². The molecule has 1 aromatic rings. The van der Waals surface area contributed by atoms with Gasteiger partial charge in [0.15, 0.2) is 18.3 Å². The van der Waals surface area contributed by atoms with Gasteiger partial charge in [0, 0.05) is 5.56 Å². The summed E-state index contributed by atoms with van der Waals surface area (Å²) in [6, 6.07) is 6.76. The maximum Gasteiger partial charge on any atom is 0.344 e. The van der Waals surface area contributed by atoms with E-state index in [0.29, 0.717) is 17.9 Å². The summed E-state index contributed by atoms with van der Waals surface area (Å²) in [6.45, 7) is 1.82. The van der Waals surface area contributed by atoms with Crippen molar-refractivity contribution >= 4 is 23.5 Å². The number of aliphatic imine (C=N–C) groups is 2. The van der Waals surface area contributed by atoms with Gasteiger partial charge < -0.3 is 9.47 Å². The highest BCUT2D eigenvalue weighted by molar-refractivity contribution is 6.31. The number of hydrogen-bond donors (Lipinski definition) is 0. The van der Waals surface area contributed by atoms with Crippen molar-refractivity contribution in [2.75, 3.05) is 13.2 Å². The molecule has 0 atom stereocenters. The average molecular weight is 312 g/mol. The highest BCUT2D eigenvalue weighted by Crippen LogP contribution is 2.20. The Labute approximate surface area is 131 Å². The number of azo groups is 1. The van der Waals surface area contributed by atoms with Crippen molar-refractivity contribution in [3.8, 4) is 5.75 Å². The molecule has 8 heteroatoms. The van der Waals surface area contributed by atoms with Gasteiger partial charge in [-0.15, -0.1) is 5.11 Å². The van der Waals surface area contributed by atoms with Crippen molar-refractivity contribution < 1.29 is 19.1 Å². The standard InChI is InChI=1S/C15H12N4O4/c1-2-22-12(20)8-23-10-5-3-4-9(6-10)13-17-14-11(7-16-19-14)15(21)18-13/h3-7H,2,8H2,1H3. The Hall–Kier alpha value is -3.16.